The van der Waals surface area contributed by atoms with Crippen molar-refractivity contribution in [1.29, 1.82) is 0 Å². The first-order chi connectivity index (χ1) is 6.33. The second kappa shape index (κ2) is 5.46. The fraction of sp³-hybridized carbons (Fsp3) is 0.455. The average molecular weight is 178 g/mol. The second-order valence-corrected chi connectivity index (χ2v) is 3.08. The van der Waals surface area contributed by atoms with Crippen LogP contribution in [0.2, 0.25) is 0 Å². The van der Waals surface area contributed by atoms with Gasteiger partial charge in [0.15, 0.2) is 0 Å². The molecule has 2 heteroatoms. The predicted octanol–water partition coefficient (Wildman–Crippen LogP) is 3.17. The lowest BCUT2D eigenvalue weighted by Gasteiger charge is -2.04. The molecule has 0 aromatic heterocycles. The molecule has 1 rings (SSSR count). The minimum Gasteiger partial charge on any atom is -0.494 e. The smallest absolute Gasteiger partial charge is 0.119 e. The molecule has 1 radical (unpaired) electrons. The molecule has 0 unspecified atom stereocenters. The van der Waals surface area contributed by atoms with Crippen molar-refractivity contribution >= 4 is 5.69 Å². The molecule has 71 valence electrons. The molecule has 2 nitrogen and oxygen atoms in total. The molecule has 0 aliphatic carbocycles. The van der Waals surface area contributed by atoms with Crippen LogP contribution in [0.1, 0.15) is 26.2 Å². The van der Waals surface area contributed by atoms with E-state index in [1.54, 1.807) is 12.1 Å². The van der Waals surface area contributed by atoms with Crippen LogP contribution in [0.4, 0.5) is 5.69 Å². The van der Waals surface area contributed by atoms with E-state index in [9.17, 15) is 0 Å². The summed E-state index contributed by atoms with van der Waals surface area (Å²) in [6.45, 7) is 2.96. The Morgan fingerprint density at radius 1 is 1.15 bits per heavy atom. The van der Waals surface area contributed by atoms with E-state index in [0.717, 1.165) is 18.8 Å². The van der Waals surface area contributed by atoms with Crippen LogP contribution in [-0.2, 0) is 0 Å². The highest BCUT2D eigenvalue weighted by atomic mass is 16.5. The van der Waals surface area contributed by atoms with Gasteiger partial charge >= 0.3 is 0 Å². The van der Waals surface area contributed by atoms with E-state index < -0.39 is 0 Å². The molecule has 0 saturated heterocycles. The summed E-state index contributed by atoms with van der Waals surface area (Å²) in [4.78, 5) is 0. The molecule has 13 heavy (non-hydrogen) atoms. The maximum absolute atomic E-state index is 7.28. The lowest BCUT2D eigenvalue weighted by molar-refractivity contribution is 0.306. The number of hydrogen-bond donors (Lipinski definition) is 0. The normalized spacial score (nSPS) is 9.92. The van der Waals surface area contributed by atoms with E-state index in [1.807, 2.05) is 12.1 Å². The van der Waals surface area contributed by atoms with Gasteiger partial charge in [-0.3, -0.25) is 0 Å². The fourth-order valence-electron chi connectivity index (χ4n) is 1.09. The van der Waals surface area contributed by atoms with Crippen molar-refractivity contribution in [3.63, 3.8) is 0 Å². The van der Waals surface area contributed by atoms with Gasteiger partial charge in [0.1, 0.15) is 5.75 Å². The summed E-state index contributed by atoms with van der Waals surface area (Å²) in [6, 6.07) is 7.17. The Kier molecular flexibility index (Phi) is 4.16. The van der Waals surface area contributed by atoms with Gasteiger partial charge in [-0.25, -0.2) is 0 Å². The summed E-state index contributed by atoms with van der Waals surface area (Å²) in [5.74, 6) is 0.868. The zero-order valence-electron chi connectivity index (χ0n) is 8.05. The van der Waals surface area contributed by atoms with E-state index in [2.05, 4.69) is 6.92 Å². The number of ether oxygens (including phenoxy) is 1. The first kappa shape index (κ1) is 9.90. The highest BCUT2D eigenvalue weighted by molar-refractivity contribution is 5.38. The quantitative estimate of drug-likeness (QED) is 0.637. The third kappa shape index (κ3) is 3.83. The van der Waals surface area contributed by atoms with Crippen LogP contribution >= 0.6 is 0 Å². The maximum Gasteiger partial charge on any atom is 0.119 e. The van der Waals surface area contributed by atoms with Crippen molar-refractivity contribution < 1.29 is 4.74 Å². The summed E-state index contributed by atoms with van der Waals surface area (Å²) in [5, 5.41) is 0. The summed E-state index contributed by atoms with van der Waals surface area (Å²) in [7, 11) is 0. The molecule has 0 bridgehead atoms. The third-order valence-electron chi connectivity index (χ3n) is 1.87. The Bertz CT molecular complexity index is 230. The van der Waals surface area contributed by atoms with Crippen LogP contribution in [0.15, 0.2) is 24.3 Å². The van der Waals surface area contributed by atoms with Crippen molar-refractivity contribution in [2.45, 2.75) is 26.2 Å². The molecule has 0 heterocycles. The topological polar surface area (TPSA) is 33.0 Å². The zero-order valence-corrected chi connectivity index (χ0v) is 8.05. The van der Waals surface area contributed by atoms with Crippen LogP contribution in [0.25, 0.3) is 0 Å². The van der Waals surface area contributed by atoms with Gasteiger partial charge in [-0.05, 0) is 30.7 Å². The monoisotopic (exact) mass is 178 g/mol. The highest BCUT2D eigenvalue weighted by Gasteiger charge is 1.92. The lowest BCUT2D eigenvalue weighted by atomic mass is 10.2. The van der Waals surface area contributed by atoms with Crippen molar-refractivity contribution in [3.8, 4) is 5.75 Å². The van der Waals surface area contributed by atoms with Gasteiger partial charge in [0.2, 0.25) is 0 Å². The molecule has 0 atom stereocenters. The molecule has 0 amide bonds. The largest absolute Gasteiger partial charge is 0.494 e. The van der Waals surface area contributed by atoms with Gasteiger partial charge in [0.25, 0.3) is 0 Å². The molecule has 1 N–H and O–H groups in total. The van der Waals surface area contributed by atoms with E-state index in [-0.39, 0.29) is 0 Å². The van der Waals surface area contributed by atoms with Crippen LogP contribution in [0, 0.1) is 0 Å². The standard InChI is InChI=1S/C11H16NO/c1-2-3-4-9-13-11-7-5-10(12)6-8-11/h5-8,12H,2-4,9H2,1H3. The van der Waals surface area contributed by atoms with Crippen LogP contribution in [0.5, 0.6) is 5.75 Å². The Morgan fingerprint density at radius 3 is 2.46 bits per heavy atom. The van der Waals surface area contributed by atoms with Gasteiger partial charge in [-0.15, -0.1) is 0 Å². The van der Waals surface area contributed by atoms with Crippen LogP contribution in [-0.4, -0.2) is 6.61 Å². The molecule has 1 aromatic carbocycles. The number of benzene rings is 1. The SMILES string of the molecule is CCCCCOc1ccc([NH])cc1. The van der Waals surface area contributed by atoms with Crippen molar-refractivity contribution in [2.75, 3.05) is 6.61 Å². The number of unbranched alkanes of at least 4 members (excludes halogenated alkanes) is 2. The molecule has 0 spiro atoms. The van der Waals surface area contributed by atoms with Crippen molar-refractivity contribution in [2.24, 2.45) is 0 Å². The Balaban J connectivity index is 2.25. The molecule has 0 saturated carbocycles. The molecular formula is C11H16NO. The first-order valence-corrected chi connectivity index (χ1v) is 4.77. The molecule has 0 aliphatic rings. The van der Waals surface area contributed by atoms with Crippen LogP contribution < -0.4 is 10.5 Å². The summed E-state index contributed by atoms with van der Waals surface area (Å²) in [6.07, 6.45) is 3.55. The lowest BCUT2D eigenvalue weighted by Crippen LogP contribution is -1.96. The second-order valence-electron chi connectivity index (χ2n) is 3.08. The number of hydrogen-bond acceptors (Lipinski definition) is 1. The van der Waals surface area contributed by atoms with Crippen molar-refractivity contribution in [3.05, 3.63) is 24.3 Å². The zero-order chi connectivity index (χ0) is 9.52. The summed E-state index contributed by atoms with van der Waals surface area (Å²) in [5.41, 5.74) is 7.81. The minimum atomic E-state index is 0.529. The molecule has 1 aromatic rings. The fourth-order valence-corrected chi connectivity index (χ4v) is 1.09. The minimum absolute atomic E-state index is 0.529. The number of rotatable bonds is 5. The summed E-state index contributed by atoms with van der Waals surface area (Å²) >= 11 is 0. The first-order valence-electron chi connectivity index (χ1n) is 4.77. The Morgan fingerprint density at radius 2 is 1.85 bits per heavy atom. The molecular weight excluding hydrogens is 162 g/mol. The van der Waals surface area contributed by atoms with Crippen LogP contribution in [0.3, 0.4) is 0 Å². The number of nitrogens with one attached hydrogen (secondary N) is 1. The predicted molar refractivity (Wildman–Crippen MR) is 54.2 cm³/mol. The third-order valence-corrected chi connectivity index (χ3v) is 1.87. The average Bonchev–Trinajstić information content (AvgIpc) is 2.15. The van der Waals surface area contributed by atoms with E-state index in [4.69, 9.17) is 10.5 Å². The van der Waals surface area contributed by atoms with E-state index in [1.165, 1.54) is 12.8 Å². The van der Waals surface area contributed by atoms with Crippen molar-refractivity contribution in [1.82, 2.24) is 5.73 Å². The molecule has 0 aliphatic heterocycles. The summed E-state index contributed by atoms with van der Waals surface area (Å²) < 4.78 is 5.48. The van der Waals surface area contributed by atoms with Gasteiger partial charge in [0.05, 0.1) is 12.3 Å². The van der Waals surface area contributed by atoms with Gasteiger partial charge in [-0.2, -0.15) is 0 Å². The van der Waals surface area contributed by atoms with E-state index in [0.29, 0.717) is 5.69 Å². The highest BCUT2D eigenvalue weighted by Crippen LogP contribution is 2.14. The molecule has 0 fully saturated rings. The van der Waals surface area contributed by atoms with Gasteiger partial charge in [-0.1, -0.05) is 19.8 Å². The van der Waals surface area contributed by atoms with Gasteiger partial charge in [0, 0.05) is 0 Å². The Labute approximate surface area is 79.7 Å². The Hall–Kier alpha value is -1.18. The van der Waals surface area contributed by atoms with Gasteiger partial charge < -0.3 is 10.5 Å². The van der Waals surface area contributed by atoms with E-state index >= 15 is 0 Å². The maximum atomic E-state index is 7.28.